The van der Waals surface area contributed by atoms with Gasteiger partial charge in [0, 0.05) is 13.1 Å². The summed E-state index contributed by atoms with van der Waals surface area (Å²) in [7, 11) is 0. The minimum atomic E-state index is -0.456. The van der Waals surface area contributed by atoms with Crippen molar-refractivity contribution in [3.8, 4) is 0 Å². The van der Waals surface area contributed by atoms with Gasteiger partial charge in [0.2, 0.25) is 0 Å². The highest BCUT2D eigenvalue weighted by atomic mass is 19.1. The Morgan fingerprint density at radius 3 is 2.78 bits per heavy atom. The Morgan fingerprint density at radius 1 is 1.39 bits per heavy atom. The van der Waals surface area contributed by atoms with E-state index in [1.807, 2.05) is 13.0 Å². The van der Waals surface area contributed by atoms with E-state index >= 15 is 0 Å². The lowest BCUT2D eigenvalue weighted by molar-refractivity contribution is 0.135. The van der Waals surface area contributed by atoms with E-state index in [9.17, 15) is 9.50 Å². The molecule has 2 rings (SSSR count). The number of para-hydroxylation sites is 1. The predicted molar refractivity (Wildman–Crippen MR) is 71.3 cm³/mol. The zero-order chi connectivity index (χ0) is 13.0. The van der Waals surface area contributed by atoms with Gasteiger partial charge in [0.05, 0.1) is 11.8 Å². The van der Waals surface area contributed by atoms with Gasteiger partial charge >= 0.3 is 0 Å². The Morgan fingerprint density at radius 2 is 2.11 bits per heavy atom. The number of nitrogens with one attached hydrogen (secondary N) is 1. The topological polar surface area (TPSA) is 35.5 Å². The quantitative estimate of drug-likeness (QED) is 0.841. The largest absolute Gasteiger partial charge is 0.390 e. The molecule has 1 heterocycles. The summed E-state index contributed by atoms with van der Waals surface area (Å²) in [4.78, 5) is 2.25. The molecule has 0 bridgehead atoms. The smallest absolute Gasteiger partial charge is 0.146 e. The lowest BCUT2D eigenvalue weighted by Crippen LogP contribution is -2.34. The van der Waals surface area contributed by atoms with Crippen molar-refractivity contribution in [1.82, 2.24) is 4.90 Å². The molecule has 1 fully saturated rings. The van der Waals surface area contributed by atoms with Crippen molar-refractivity contribution in [2.45, 2.75) is 25.9 Å². The normalized spacial score (nSPS) is 17.9. The van der Waals surface area contributed by atoms with Gasteiger partial charge in [-0.05, 0) is 44.5 Å². The van der Waals surface area contributed by atoms with Crippen LogP contribution in [0.1, 0.15) is 18.4 Å². The van der Waals surface area contributed by atoms with E-state index in [1.54, 1.807) is 6.07 Å². The van der Waals surface area contributed by atoms with Crippen LogP contribution in [0.25, 0.3) is 0 Å². The lowest BCUT2D eigenvalue weighted by Gasteiger charge is -2.20. The zero-order valence-electron chi connectivity index (χ0n) is 10.8. The van der Waals surface area contributed by atoms with Crippen molar-refractivity contribution in [3.63, 3.8) is 0 Å². The van der Waals surface area contributed by atoms with Gasteiger partial charge in [-0.1, -0.05) is 12.1 Å². The molecule has 0 amide bonds. The molecule has 1 aromatic carbocycles. The first kappa shape index (κ1) is 13.3. The second-order valence-electron chi connectivity index (χ2n) is 4.97. The molecular weight excluding hydrogens is 231 g/mol. The second-order valence-corrected chi connectivity index (χ2v) is 4.97. The van der Waals surface area contributed by atoms with Crippen LogP contribution in [0.3, 0.4) is 0 Å². The van der Waals surface area contributed by atoms with Crippen molar-refractivity contribution in [2.75, 3.05) is 31.5 Å². The molecule has 1 saturated heterocycles. The fraction of sp³-hybridized carbons (Fsp3) is 0.571. The molecule has 0 radical (unpaired) electrons. The van der Waals surface area contributed by atoms with Gasteiger partial charge in [-0.2, -0.15) is 0 Å². The summed E-state index contributed by atoms with van der Waals surface area (Å²) in [5.74, 6) is -0.261. The third-order valence-electron chi connectivity index (χ3n) is 3.40. The summed E-state index contributed by atoms with van der Waals surface area (Å²) in [6, 6.07) is 4.98. The number of rotatable bonds is 5. The molecule has 1 aliphatic rings. The number of likely N-dealkylation sites (tertiary alicyclic amines) is 1. The summed E-state index contributed by atoms with van der Waals surface area (Å²) in [6.07, 6.45) is 1.97. The van der Waals surface area contributed by atoms with E-state index in [4.69, 9.17) is 0 Å². The Hall–Kier alpha value is -1.13. The first-order valence-electron chi connectivity index (χ1n) is 6.56. The van der Waals surface area contributed by atoms with Gasteiger partial charge < -0.3 is 15.3 Å². The number of hydrogen-bond donors (Lipinski definition) is 2. The van der Waals surface area contributed by atoms with Gasteiger partial charge in [-0.3, -0.25) is 0 Å². The van der Waals surface area contributed by atoms with Gasteiger partial charge in [0.15, 0.2) is 0 Å². The van der Waals surface area contributed by atoms with Gasteiger partial charge in [-0.15, -0.1) is 0 Å². The highest BCUT2D eigenvalue weighted by molar-refractivity contribution is 5.51. The van der Waals surface area contributed by atoms with Crippen LogP contribution in [0.5, 0.6) is 0 Å². The molecule has 0 spiro atoms. The Labute approximate surface area is 108 Å². The van der Waals surface area contributed by atoms with E-state index in [-0.39, 0.29) is 5.82 Å². The second kappa shape index (κ2) is 6.16. The third kappa shape index (κ3) is 3.43. The molecule has 18 heavy (non-hydrogen) atoms. The predicted octanol–water partition coefficient (Wildman–Crippen LogP) is 2.00. The molecule has 0 saturated carbocycles. The zero-order valence-corrected chi connectivity index (χ0v) is 10.8. The summed E-state index contributed by atoms with van der Waals surface area (Å²) in [5.41, 5.74) is 1.36. The maximum atomic E-state index is 13.6. The van der Waals surface area contributed by atoms with Crippen LogP contribution in [0.15, 0.2) is 18.2 Å². The van der Waals surface area contributed by atoms with Gasteiger partial charge in [-0.25, -0.2) is 4.39 Å². The minimum absolute atomic E-state index is 0.261. The number of aryl methyl sites for hydroxylation is 1. The highest BCUT2D eigenvalue weighted by Gasteiger charge is 2.16. The highest BCUT2D eigenvalue weighted by Crippen LogP contribution is 2.18. The van der Waals surface area contributed by atoms with Gasteiger partial charge in [0.1, 0.15) is 5.82 Å². The van der Waals surface area contributed by atoms with E-state index in [2.05, 4.69) is 10.2 Å². The number of β-amino-alcohol motifs (C(OH)–C–C–N with tert-alkyl or cyclic N) is 1. The van der Waals surface area contributed by atoms with Crippen LogP contribution in [0.4, 0.5) is 10.1 Å². The van der Waals surface area contributed by atoms with E-state index in [1.165, 1.54) is 18.9 Å². The molecule has 0 aromatic heterocycles. The van der Waals surface area contributed by atoms with Crippen LogP contribution in [0, 0.1) is 12.7 Å². The fourth-order valence-corrected chi connectivity index (χ4v) is 2.40. The number of nitrogens with zero attached hydrogens (tertiary/aromatic N) is 1. The molecule has 100 valence electrons. The molecule has 4 heteroatoms. The van der Waals surface area contributed by atoms with Crippen molar-refractivity contribution < 1.29 is 9.50 Å². The maximum absolute atomic E-state index is 13.6. The fourth-order valence-electron chi connectivity index (χ4n) is 2.40. The average Bonchev–Trinajstić information content (AvgIpc) is 2.81. The summed E-state index contributed by atoms with van der Waals surface area (Å²) >= 11 is 0. The van der Waals surface area contributed by atoms with Crippen molar-refractivity contribution in [3.05, 3.63) is 29.6 Å². The van der Waals surface area contributed by atoms with E-state index in [0.29, 0.717) is 18.8 Å². The van der Waals surface area contributed by atoms with Gasteiger partial charge in [0.25, 0.3) is 0 Å². The molecule has 1 aromatic rings. The molecule has 0 aliphatic carbocycles. The summed E-state index contributed by atoms with van der Waals surface area (Å²) < 4.78 is 13.6. The number of hydrogen-bond acceptors (Lipinski definition) is 3. The average molecular weight is 252 g/mol. The number of aliphatic hydroxyl groups is 1. The number of benzene rings is 1. The Kier molecular flexibility index (Phi) is 4.55. The first-order valence-corrected chi connectivity index (χ1v) is 6.56. The van der Waals surface area contributed by atoms with Crippen LogP contribution in [-0.2, 0) is 0 Å². The van der Waals surface area contributed by atoms with Crippen LogP contribution < -0.4 is 5.32 Å². The third-order valence-corrected chi connectivity index (χ3v) is 3.40. The van der Waals surface area contributed by atoms with E-state index in [0.717, 1.165) is 18.7 Å². The van der Waals surface area contributed by atoms with E-state index < -0.39 is 6.10 Å². The number of aliphatic hydroxyl groups excluding tert-OH is 1. The summed E-state index contributed by atoms with van der Waals surface area (Å²) in [5, 5.41) is 12.9. The van der Waals surface area contributed by atoms with Crippen molar-refractivity contribution in [2.24, 2.45) is 0 Å². The molecule has 1 aliphatic heterocycles. The van der Waals surface area contributed by atoms with Crippen LogP contribution >= 0.6 is 0 Å². The monoisotopic (exact) mass is 252 g/mol. The summed E-state index contributed by atoms with van der Waals surface area (Å²) in [6.45, 7) is 5.04. The number of halogens is 1. The molecule has 2 N–H and O–H groups in total. The molecule has 3 nitrogen and oxygen atoms in total. The van der Waals surface area contributed by atoms with Crippen LogP contribution in [0.2, 0.25) is 0 Å². The van der Waals surface area contributed by atoms with Crippen LogP contribution in [-0.4, -0.2) is 42.3 Å². The Balaban J connectivity index is 1.83. The Bertz CT molecular complexity index is 371. The van der Waals surface area contributed by atoms with Crippen molar-refractivity contribution in [1.29, 1.82) is 0 Å². The van der Waals surface area contributed by atoms with Crippen molar-refractivity contribution >= 4 is 5.69 Å². The first-order chi connectivity index (χ1) is 8.66. The standard InChI is InChI=1S/C14H21FN2O/c1-11-5-4-6-13(15)14(11)16-9-12(18)10-17-7-2-3-8-17/h4-6,12,16,18H,2-3,7-10H2,1H3. The molecule has 1 unspecified atom stereocenters. The SMILES string of the molecule is Cc1cccc(F)c1NCC(O)CN1CCCC1. The molecule has 1 atom stereocenters. The molecular formula is C14H21FN2O. The number of anilines is 1. The minimum Gasteiger partial charge on any atom is -0.390 e. The maximum Gasteiger partial charge on any atom is 0.146 e. The lowest BCUT2D eigenvalue weighted by atomic mass is 10.2.